The lowest BCUT2D eigenvalue weighted by Gasteiger charge is -2.30. The van der Waals surface area contributed by atoms with E-state index in [2.05, 4.69) is 4.90 Å². The van der Waals surface area contributed by atoms with Crippen molar-refractivity contribution in [2.45, 2.75) is 12.8 Å². The van der Waals surface area contributed by atoms with Crippen LogP contribution in [-0.4, -0.2) is 56.2 Å². The molecular formula is C10H21N3O2. The van der Waals surface area contributed by atoms with Gasteiger partial charge in [0.05, 0.1) is 6.61 Å². The Balaban J connectivity index is 2.12. The van der Waals surface area contributed by atoms with Crippen molar-refractivity contribution in [2.24, 2.45) is 11.7 Å². The van der Waals surface area contributed by atoms with Crippen molar-refractivity contribution >= 4 is 5.91 Å². The second kappa shape index (κ2) is 6.05. The lowest BCUT2D eigenvalue weighted by Crippen LogP contribution is -2.40. The van der Waals surface area contributed by atoms with E-state index in [-0.39, 0.29) is 11.8 Å². The molecule has 1 heterocycles. The van der Waals surface area contributed by atoms with Crippen LogP contribution >= 0.6 is 0 Å². The first-order valence-corrected chi connectivity index (χ1v) is 5.41. The van der Waals surface area contributed by atoms with Crippen molar-refractivity contribution in [1.82, 2.24) is 9.96 Å². The number of carbonyl (C=O) groups excluding carboxylic acids is 1. The van der Waals surface area contributed by atoms with Gasteiger partial charge in [0.1, 0.15) is 0 Å². The van der Waals surface area contributed by atoms with Crippen LogP contribution in [0.1, 0.15) is 12.8 Å². The Morgan fingerprint density at radius 1 is 1.47 bits per heavy atom. The number of primary amides is 1. The van der Waals surface area contributed by atoms with Gasteiger partial charge in [0.15, 0.2) is 0 Å². The predicted octanol–water partition coefficient (Wildman–Crippen LogP) is -0.323. The van der Waals surface area contributed by atoms with Gasteiger partial charge in [-0.25, -0.2) is 0 Å². The fourth-order valence-electron chi connectivity index (χ4n) is 1.79. The Bertz CT molecular complexity index is 201. The van der Waals surface area contributed by atoms with Crippen LogP contribution in [0.2, 0.25) is 0 Å². The standard InChI is InChI=1S/C10H21N3O2/c1-12(2)15-8-7-13-5-3-9(4-6-13)10(11)14/h9H,3-8H2,1-2H3,(H2,11,14). The van der Waals surface area contributed by atoms with Gasteiger partial charge in [0.2, 0.25) is 5.91 Å². The maximum absolute atomic E-state index is 10.9. The quantitative estimate of drug-likeness (QED) is 0.638. The summed E-state index contributed by atoms with van der Waals surface area (Å²) < 4.78 is 0. The summed E-state index contributed by atoms with van der Waals surface area (Å²) >= 11 is 0. The van der Waals surface area contributed by atoms with Crippen molar-refractivity contribution in [3.05, 3.63) is 0 Å². The van der Waals surface area contributed by atoms with Crippen LogP contribution in [0.5, 0.6) is 0 Å². The second-order valence-electron chi connectivity index (χ2n) is 4.16. The smallest absolute Gasteiger partial charge is 0.220 e. The van der Waals surface area contributed by atoms with E-state index in [1.54, 1.807) is 5.06 Å². The van der Waals surface area contributed by atoms with E-state index >= 15 is 0 Å². The SMILES string of the molecule is CN(C)OCCN1CCC(C(N)=O)CC1. The molecule has 1 saturated heterocycles. The molecule has 1 rings (SSSR count). The van der Waals surface area contributed by atoms with Crippen molar-refractivity contribution < 1.29 is 9.63 Å². The summed E-state index contributed by atoms with van der Waals surface area (Å²) in [4.78, 5) is 18.6. The first-order chi connectivity index (χ1) is 7.09. The average Bonchev–Trinajstić information content (AvgIpc) is 2.18. The maximum Gasteiger partial charge on any atom is 0.220 e. The molecule has 0 radical (unpaired) electrons. The van der Waals surface area contributed by atoms with E-state index in [4.69, 9.17) is 10.6 Å². The number of carbonyl (C=O) groups is 1. The number of amides is 1. The summed E-state index contributed by atoms with van der Waals surface area (Å²) in [5.41, 5.74) is 5.26. The molecule has 1 aliphatic heterocycles. The van der Waals surface area contributed by atoms with Crippen LogP contribution in [0.4, 0.5) is 0 Å². The molecule has 2 N–H and O–H groups in total. The van der Waals surface area contributed by atoms with Crippen LogP contribution in [0.15, 0.2) is 0 Å². The zero-order chi connectivity index (χ0) is 11.3. The summed E-state index contributed by atoms with van der Waals surface area (Å²) in [7, 11) is 3.75. The summed E-state index contributed by atoms with van der Waals surface area (Å²) in [5, 5.41) is 1.70. The highest BCUT2D eigenvalue weighted by Crippen LogP contribution is 2.15. The lowest BCUT2D eigenvalue weighted by molar-refractivity contribution is -0.127. The van der Waals surface area contributed by atoms with Gasteiger partial charge in [-0.2, -0.15) is 5.06 Å². The third kappa shape index (κ3) is 4.59. The van der Waals surface area contributed by atoms with E-state index in [1.807, 2.05) is 14.1 Å². The molecule has 5 heteroatoms. The number of piperidine rings is 1. The summed E-state index contributed by atoms with van der Waals surface area (Å²) in [6.07, 6.45) is 1.77. The molecule has 0 aromatic rings. The molecule has 1 aliphatic rings. The monoisotopic (exact) mass is 215 g/mol. The van der Waals surface area contributed by atoms with Crippen LogP contribution in [0.3, 0.4) is 0 Å². The Morgan fingerprint density at radius 2 is 2.07 bits per heavy atom. The Hall–Kier alpha value is -0.650. The maximum atomic E-state index is 10.9. The first kappa shape index (κ1) is 12.4. The molecule has 0 unspecified atom stereocenters. The van der Waals surface area contributed by atoms with E-state index in [9.17, 15) is 4.79 Å². The molecule has 0 aliphatic carbocycles. The van der Waals surface area contributed by atoms with Crippen LogP contribution < -0.4 is 5.73 Å². The minimum atomic E-state index is -0.154. The molecule has 1 fully saturated rings. The van der Waals surface area contributed by atoms with Crippen molar-refractivity contribution in [3.63, 3.8) is 0 Å². The van der Waals surface area contributed by atoms with Crippen molar-refractivity contribution in [2.75, 3.05) is 40.3 Å². The Kier molecular flexibility index (Phi) is 5.01. The van der Waals surface area contributed by atoms with Gasteiger partial charge in [-0.3, -0.25) is 9.63 Å². The highest BCUT2D eigenvalue weighted by molar-refractivity contribution is 5.76. The number of hydroxylamine groups is 2. The molecule has 15 heavy (non-hydrogen) atoms. The molecule has 0 aromatic carbocycles. The summed E-state index contributed by atoms with van der Waals surface area (Å²) in [6.45, 7) is 3.52. The van der Waals surface area contributed by atoms with Crippen LogP contribution in [0, 0.1) is 5.92 Å². The van der Waals surface area contributed by atoms with E-state index in [0.717, 1.165) is 32.5 Å². The van der Waals surface area contributed by atoms with Crippen LogP contribution in [-0.2, 0) is 9.63 Å². The van der Waals surface area contributed by atoms with E-state index in [0.29, 0.717) is 6.61 Å². The van der Waals surface area contributed by atoms with E-state index in [1.165, 1.54) is 0 Å². The molecular weight excluding hydrogens is 194 g/mol. The number of hydrogen-bond acceptors (Lipinski definition) is 4. The van der Waals surface area contributed by atoms with Gasteiger partial charge in [-0.05, 0) is 25.9 Å². The third-order valence-electron chi connectivity index (χ3n) is 2.75. The zero-order valence-electron chi connectivity index (χ0n) is 9.61. The molecule has 1 amide bonds. The largest absolute Gasteiger partial charge is 0.369 e. The molecule has 0 bridgehead atoms. The second-order valence-corrected chi connectivity index (χ2v) is 4.16. The normalized spacial score (nSPS) is 19.7. The van der Waals surface area contributed by atoms with Crippen molar-refractivity contribution in [3.8, 4) is 0 Å². The summed E-state index contributed by atoms with van der Waals surface area (Å²) in [6, 6.07) is 0. The van der Waals surface area contributed by atoms with Gasteiger partial charge >= 0.3 is 0 Å². The fraction of sp³-hybridized carbons (Fsp3) is 0.900. The van der Waals surface area contributed by atoms with Gasteiger partial charge < -0.3 is 10.6 Å². The lowest BCUT2D eigenvalue weighted by atomic mass is 9.96. The topological polar surface area (TPSA) is 58.8 Å². The summed E-state index contributed by atoms with van der Waals surface area (Å²) in [5.74, 6) is -0.0739. The Labute approximate surface area is 91.1 Å². The molecule has 0 aromatic heterocycles. The number of nitrogens with two attached hydrogens (primary N) is 1. The zero-order valence-corrected chi connectivity index (χ0v) is 9.61. The minimum absolute atomic E-state index is 0.0796. The molecule has 0 saturated carbocycles. The number of hydrogen-bond donors (Lipinski definition) is 1. The molecule has 88 valence electrons. The van der Waals surface area contributed by atoms with Gasteiger partial charge in [0.25, 0.3) is 0 Å². The predicted molar refractivity (Wildman–Crippen MR) is 58.0 cm³/mol. The number of rotatable bonds is 5. The third-order valence-corrected chi connectivity index (χ3v) is 2.75. The molecule has 5 nitrogen and oxygen atoms in total. The average molecular weight is 215 g/mol. The Morgan fingerprint density at radius 3 is 2.53 bits per heavy atom. The van der Waals surface area contributed by atoms with Gasteiger partial charge in [-0.1, -0.05) is 0 Å². The van der Waals surface area contributed by atoms with E-state index < -0.39 is 0 Å². The van der Waals surface area contributed by atoms with Crippen molar-refractivity contribution in [1.29, 1.82) is 0 Å². The highest BCUT2D eigenvalue weighted by atomic mass is 16.7. The molecule has 0 spiro atoms. The number of nitrogens with zero attached hydrogens (tertiary/aromatic N) is 2. The first-order valence-electron chi connectivity index (χ1n) is 5.41. The highest BCUT2D eigenvalue weighted by Gasteiger charge is 2.22. The van der Waals surface area contributed by atoms with Gasteiger partial charge in [-0.15, -0.1) is 0 Å². The number of likely N-dealkylation sites (tertiary alicyclic amines) is 1. The fourth-order valence-corrected chi connectivity index (χ4v) is 1.79. The van der Waals surface area contributed by atoms with Gasteiger partial charge in [0, 0.05) is 26.6 Å². The van der Waals surface area contributed by atoms with Crippen LogP contribution in [0.25, 0.3) is 0 Å². The molecule has 0 atom stereocenters. The minimum Gasteiger partial charge on any atom is -0.369 e.